The van der Waals surface area contributed by atoms with Gasteiger partial charge in [0.15, 0.2) is 0 Å². The molecule has 80 valence electrons. The molecule has 1 aliphatic rings. The zero-order valence-electron chi connectivity index (χ0n) is 9.46. The van der Waals surface area contributed by atoms with Gasteiger partial charge in [0.1, 0.15) is 5.84 Å². The van der Waals surface area contributed by atoms with Crippen molar-refractivity contribution >= 4 is 11.5 Å². The zero-order valence-corrected chi connectivity index (χ0v) is 9.46. The highest BCUT2D eigenvalue weighted by Gasteiger charge is 2.06. The molecule has 0 spiro atoms. The number of hydrogen-bond acceptors (Lipinski definition) is 2. The third kappa shape index (κ3) is 2.58. The molecule has 0 atom stereocenters. The van der Waals surface area contributed by atoms with Crippen LogP contribution in [0.25, 0.3) is 0 Å². The third-order valence-electron chi connectivity index (χ3n) is 2.74. The van der Waals surface area contributed by atoms with Gasteiger partial charge in [-0.1, -0.05) is 26.0 Å². The molecule has 0 amide bonds. The van der Waals surface area contributed by atoms with Gasteiger partial charge >= 0.3 is 0 Å². The van der Waals surface area contributed by atoms with Gasteiger partial charge in [-0.15, -0.1) is 0 Å². The Hall–Kier alpha value is -1.31. The van der Waals surface area contributed by atoms with E-state index in [-0.39, 0.29) is 0 Å². The summed E-state index contributed by atoms with van der Waals surface area (Å²) < 4.78 is 0. The van der Waals surface area contributed by atoms with E-state index in [4.69, 9.17) is 0 Å². The van der Waals surface area contributed by atoms with Gasteiger partial charge < -0.3 is 5.32 Å². The van der Waals surface area contributed by atoms with Crippen LogP contribution in [-0.4, -0.2) is 12.4 Å². The Morgan fingerprint density at radius 2 is 1.93 bits per heavy atom. The van der Waals surface area contributed by atoms with Crippen LogP contribution in [0.15, 0.2) is 29.3 Å². The van der Waals surface area contributed by atoms with Crippen LogP contribution in [0.4, 0.5) is 5.69 Å². The summed E-state index contributed by atoms with van der Waals surface area (Å²) in [5.74, 6) is 1.73. The van der Waals surface area contributed by atoms with Crippen molar-refractivity contribution < 1.29 is 0 Å². The van der Waals surface area contributed by atoms with Crippen molar-refractivity contribution in [1.29, 1.82) is 0 Å². The van der Waals surface area contributed by atoms with E-state index >= 15 is 0 Å². The molecule has 1 aromatic rings. The number of amidine groups is 1. The summed E-state index contributed by atoms with van der Waals surface area (Å²) in [5.41, 5.74) is 2.54. The topological polar surface area (TPSA) is 24.4 Å². The Morgan fingerprint density at radius 3 is 2.47 bits per heavy atom. The smallest absolute Gasteiger partial charge is 0.101 e. The predicted octanol–water partition coefficient (Wildman–Crippen LogP) is 3.41. The van der Waals surface area contributed by atoms with Crippen molar-refractivity contribution in [3.05, 3.63) is 29.8 Å². The Morgan fingerprint density at radius 1 is 1.20 bits per heavy atom. The number of benzene rings is 1. The van der Waals surface area contributed by atoms with E-state index in [1.54, 1.807) is 0 Å². The van der Waals surface area contributed by atoms with Crippen LogP contribution >= 0.6 is 0 Å². The molecular formula is C13H18N2. The second-order valence-electron chi connectivity index (χ2n) is 4.33. The maximum Gasteiger partial charge on any atom is 0.101 e. The highest BCUT2D eigenvalue weighted by Crippen LogP contribution is 2.18. The van der Waals surface area contributed by atoms with E-state index in [0.717, 1.165) is 24.5 Å². The predicted molar refractivity (Wildman–Crippen MR) is 65.7 cm³/mol. The summed E-state index contributed by atoms with van der Waals surface area (Å²) in [5, 5.41) is 3.36. The lowest BCUT2D eigenvalue weighted by Gasteiger charge is -2.08. The first-order valence-corrected chi connectivity index (χ1v) is 5.66. The first-order chi connectivity index (χ1) is 7.25. The second-order valence-corrected chi connectivity index (χ2v) is 4.33. The van der Waals surface area contributed by atoms with Gasteiger partial charge in [-0.05, 0) is 30.0 Å². The molecule has 15 heavy (non-hydrogen) atoms. The molecule has 0 radical (unpaired) electrons. The van der Waals surface area contributed by atoms with Crippen molar-refractivity contribution in [2.75, 3.05) is 11.9 Å². The first kappa shape index (κ1) is 10.2. The van der Waals surface area contributed by atoms with E-state index in [1.165, 1.54) is 12.0 Å². The highest BCUT2D eigenvalue weighted by atomic mass is 15.0. The largest absolute Gasteiger partial charge is 0.344 e. The molecule has 0 bridgehead atoms. The van der Waals surface area contributed by atoms with Crippen LogP contribution in [0.2, 0.25) is 0 Å². The van der Waals surface area contributed by atoms with E-state index in [9.17, 15) is 0 Å². The maximum atomic E-state index is 4.39. The average Bonchev–Trinajstić information content (AvgIpc) is 2.71. The molecule has 1 aromatic carbocycles. The van der Waals surface area contributed by atoms with Crippen molar-refractivity contribution in [3.8, 4) is 0 Å². The van der Waals surface area contributed by atoms with Gasteiger partial charge in [-0.25, -0.2) is 0 Å². The lowest BCUT2D eigenvalue weighted by Crippen LogP contribution is -2.08. The van der Waals surface area contributed by atoms with Crippen LogP contribution in [0.3, 0.4) is 0 Å². The Balaban J connectivity index is 2.03. The summed E-state index contributed by atoms with van der Waals surface area (Å²) in [4.78, 5) is 4.39. The standard InChI is InChI=1S/C13H18N2/c1-10(2)11-5-7-12(8-6-11)15-13-4-3-9-14-13/h5-8,10H,3-4,9H2,1-2H3,(H,14,15). The highest BCUT2D eigenvalue weighted by molar-refractivity contribution is 5.96. The van der Waals surface area contributed by atoms with Crippen molar-refractivity contribution in [3.63, 3.8) is 0 Å². The van der Waals surface area contributed by atoms with Gasteiger partial charge in [-0.2, -0.15) is 0 Å². The van der Waals surface area contributed by atoms with Crippen molar-refractivity contribution in [1.82, 2.24) is 0 Å². The summed E-state index contributed by atoms with van der Waals surface area (Å²) in [7, 11) is 0. The molecule has 0 aromatic heterocycles. The maximum absolute atomic E-state index is 4.39. The number of aliphatic imine (C=N–C) groups is 1. The lowest BCUT2D eigenvalue weighted by atomic mass is 10.0. The summed E-state index contributed by atoms with van der Waals surface area (Å²) >= 11 is 0. The minimum Gasteiger partial charge on any atom is -0.344 e. The minimum atomic E-state index is 0.600. The minimum absolute atomic E-state index is 0.600. The summed E-state index contributed by atoms with van der Waals surface area (Å²) in [6.45, 7) is 5.40. The number of nitrogens with one attached hydrogen (secondary N) is 1. The van der Waals surface area contributed by atoms with Crippen LogP contribution in [0.5, 0.6) is 0 Å². The monoisotopic (exact) mass is 202 g/mol. The molecule has 2 heteroatoms. The van der Waals surface area contributed by atoms with E-state index in [2.05, 4.69) is 48.4 Å². The fraction of sp³-hybridized carbons (Fsp3) is 0.462. The fourth-order valence-corrected chi connectivity index (χ4v) is 1.76. The molecule has 0 aliphatic carbocycles. The van der Waals surface area contributed by atoms with Gasteiger partial charge in [0.25, 0.3) is 0 Å². The molecule has 2 nitrogen and oxygen atoms in total. The fourth-order valence-electron chi connectivity index (χ4n) is 1.76. The van der Waals surface area contributed by atoms with E-state index in [1.807, 2.05) is 0 Å². The van der Waals surface area contributed by atoms with Gasteiger partial charge in [0.2, 0.25) is 0 Å². The van der Waals surface area contributed by atoms with E-state index in [0.29, 0.717) is 5.92 Å². The average molecular weight is 202 g/mol. The molecule has 2 rings (SSSR count). The molecular weight excluding hydrogens is 184 g/mol. The molecule has 1 aliphatic heterocycles. The number of rotatable bonds is 2. The van der Waals surface area contributed by atoms with Crippen molar-refractivity contribution in [2.24, 2.45) is 4.99 Å². The number of nitrogens with zero attached hydrogens (tertiary/aromatic N) is 1. The zero-order chi connectivity index (χ0) is 10.7. The van der Waals surface area contributed by atoms with E-state index < -0.39 is 0 Å². The molecule has 1 N–H and O–H groups in total. The van der Waals surface area contributed by atoms with Crippen LogP contribution in [0, 0.1) is 0 Å². The molecule has 1 heterocycles. The molecule has 0 fully saturated rings. The second kappa shape index (κ2) is 4.47. The molecule has 0 saturated heterocycles. The Kier molecular flexibility index (Phi) is 3.05. The van der Waals surface area contributed by atoms with Gasteiger partial charge in [-0.3, -0.25) is 4.99 Å². The van der Waals surface area contributed by atoms with Crippen LogP contribution in [0.1, 0.15) is 38.2 Å². The number of hydrogen-bond donors (Lipinski definition) is 1. The molecule has 0 saturated carbocycles. The summed E-state index contributed by atoms with van der Waals surface area (Å²) in [6.07, 6.45) is 2.28. The quantitative estimate of drug-likeness (QED) is 0.780. The third-order valence-corrected chi connectivity index (χ3v) is 2.74. The Labute approximate surface area is 91.4 Å². The molecule has 0 unspecified atom stereocenters. The van der Waals surface area contributed by atoms with Crippen molar-refractivity contribution in [2.45, 2.75) is 32.6 Å². The van der Waals surface area contributed by atoms with Crippen LogP contribution in [-0.2, 0) is 0 Å². The number of anilines is 1. The summed E-state index contributed by atoms with van der Waals surface area (Å²) in [6, 6.07) is 8.64. The lowest BCUT2D eigenvalue weighted by molar-refractivity contribution is 0.867. The first-order valence-electron chi connectivity index (χ1n) is 5.66. The Bertz CT molecular complexity index is 349. The van der Waals surface area contributed by atoms with Crippen LogP contribution < -0.4 is 5.32 Å². The van der Waals surface area contributed by atoms with Gasteiger partial charge in [0.05, 0.1) is 0 Å². The SMILES string of the molecule is CC(C)c1ccc(NC2=NCCC2)cc1. The normalized spacial score (nSPS) is 15.5. The van der Waals surface area contributed by atoms with Gasteiger partial charge in [0, 0.05) is 18.7 Å².